The SMILES string of the molecule is [C-]#[N+]c1ccc(OC2CC3(CCC(NC(=O)c4ccc(C)cc4)CC3)C2)cc1Cl. The van der Waals surface area contributed by atoms with E-state index < -0.39 is 0 Å². The Bertz CT molecular complexity index is 932. The van der Waals surface area contributed by atoms with Crippen LogP contribution in [0.15, 0.2) is 42.5 Å². The minimum absolute atomic E-state index is 0.0282. The third-order valence-electron chi connectivity index (χ3n) is 6.36. The fourth-order valence-electron chi connectivity index (χ4n) is 4.59. The number of ether oxygens (including phenoxy) is 1. The molecule has 2 aliphatic rings. The summed E-state index contributed by atoms with van der Waals surface area (Å²) in [5.74, 6) is 0.766. The Balaban J connectivity index is 1.24. The molecule has 0 saturated heterocycles. The van der Waals surface area contributed by atoms with E-state index in [2.05, 4.69) is 10.2 Å². The highest BCUT2D eigenvalue weighted by atomic mass is 35.5. The van der Waals surface area contributed by atoms with E-state index in [1.807, 2.05) is 37.3 Å². The Labute approximate surface area is 177 Å². The van der Waals surface area contributed by atoms with Crippen molar-refractivity contribution in [1.82, 2.24) is 5.32 Å². The zero-order valence-corrected chi connectivity index (χ0v) is 17.3. The molecular weight excluding hydrogens is 384 g/mol. The molecule has 150 valence electrons. The van der Waals surface area contributed by atoms with Gasteiger partial charge in [0.1, 0.15) is 5.75 Å². The average molecular weight is 409 g/mol. The Morgan fingerprint density at radius 3 is 2.48 bits per heavy atom. The maximum atomic E-state index is 12.4. The number of aryl methyl sites for hydroxylation is 1. The quantitative estimate of drug-likeness (QED) is 0.621. The van der Waals surface area contributed by atoms with Gasteiger partial charge in [0.05, 0.1) is 17.7 Å². The lowest BCUT2D eigenvalue weighted by Crippen LogP contribution is -2.49. The number of nitrogens with one attached hydrogen (secondary N) is 1. The summed E-state index contributed by atoms with van der Waals surface area (Å²) in [4.78, 5) is 15.8. The van der Waals surface area contributed by atoms with Crippen LogP contribution in [0.4, 0.5) is 5.69 Å². The van der Waals surface area contributed by atoms with Gasteiger partial charge < -0.3 is 10.1 Å². The van der Waals surface area contributed by atoms with Gasteiger partial charge in [0.25, 0.3) is 5.91 Å². The molecule has 0 radical (unpaired) electrons. The van der Waals surface area contributed by atoms with Crippen LogP contribution in [0.1, 0.15) is 54.4 Å². The molecule has 2 aromatic rings. The molecule has 0 unspecified atom stereocenters. The van der Waals surface area contributed by atoms with Gasteiger partial charge in [-0.25, -0.2) is 4.85 Å². The number of rotatable bonds is 4. The molecule has 0 aliphatic heterocycles. The molecule has 2 fully saturated rings. The van der Waals surface area contributed by atoms with Crippen molar-refractivity contribution in [3.63, 3.8) is 0 Å². The minimum atomic E-state index is 0.0282. The molecule has 1 spiro atoms. The standard InChI is InChI=1S/C24H25ClN2O2/c1-16-3-5-17(6-4-16)23(28)27-18-9-11-24(12-10-18)14-20(15-24)29-19-7-8-22(26-2)21(25)13-19/h3-8,13,18,20H,9-12,14-15H2,1H3,(H,27,28). The maximum absolute atomic E-state index is 12.4. The first-order valence-corrected chi connectivity index (χ1v) is 10.6. The molecule has 0 heterocycles. The summed E-state index contributed by atoms with van der Waals surface area (Å²) in [5, 5.41) is 3.64. The van der Waals surface area contributed by atoms with Crippen LogP contribution in [0.5, 0.6) is 5.75 Å². The van der Waals surface area contributed by atoms with Crippen LogP contribution in [0, 0.1) is 18.9 Å². The number of hydrogen-bond donors (Lipinski definition) is 1. The minimum Gasteiger partial charge on any atom is -0.490 e. The summed E-state index contributed by atoms with van der Waals surface area (Å²) >= 11 is 6.10. The summed E-state index contributed by atoms with van der Waals surface area (Å²) in [6.45, 7) is 9.09. The lowest BCUT2D eigenvalue weighted by molar-refractivity contribution is -0.0437. The van der Waals surface area contributed by atoms with Crippen molar-refractivity contribution in [3.8, 4) is 5.75 Å². The first-order valence-electron chi connectivity index (χ1n) is 10.2. The lowest BCUT2D eigenvalue weighted by atomic mass is 9.58. The smallest absolute Gasteiger partial charge is 0.251 e. The number of hydrogen-bond acceptors (Lipinski definition) is 2. The predicted octanol–water partition coefficient (Wildman–Crippen LogP) is 6.10. The average Bonchev–Trinajstić information content (AvgIpc) is 2.69. The van der Waals surface area contributed by atoms with Gasteiger partial charge in [-0.3, -0.25) is 4.79 Å². The molecule has 4 rings (SSSR count). The van der Waals surface area contributed by atoms with Crippen molar-refractivity contribution in [2.75, 3.05) is 0 Å². The van der Waals surface area contributed by atoms with E-state index in [1.54, 1.807) is 12.1 Å². The van der Waals surface area contributed by atoms with Gasteiger partial charge in [-0.15, -0.1) is 0 Å². The van der Waals surface area contributed by atoms with Gasteiger partial charge in [-0.1, -0.05) is 35.4 Å². The molecule has 0 atom stereocenters. The third-order valence-corrected chi connectivity index (χ3v) is 6.66. The third kappa shape index (κ3) is 4.41. The Hall–Kier alpha value is -2.51. The summed E-state index contributed by atoms with van der Waals surface area (Å²) in [7, 11) is 0. The van der Waals surface area contributed by atoms with Crippen LogP contribution in [-0.4, -0.2) is 18.1 Å². The van der Waals surface area contributed by atoms with Crippen LogP contribution in [0.25, 0.3) is 4.85 Å². The second-order valence-electron chi connectivity index (χ2n) is 8.49. The molecule has 2 aliphatic carbocycles. The Morgan fingerprint density at radius 1 is 1.17 bits per heavy atom. The molecule has 29 heavy (non-hydrogen) atoms. The van der Waals surface area contributed by atoms with Gasteiger partial charge in [-0.05, 0) is 75.1 Å². The lowest BCUT2D eigenvalue weighted by Gasteiger charge is -2.51. The predicted molar refractivity (Wildman–Crippen MR) is 115 cm³/mol. The summed E-state index contributed by atoms with van der Waals surface area (Å²) < 4.78 is 6.06. The zero-order valence-electron chi connectivity index (χ0n) is 16.6. The molecule has 0 aromatic heterocycles. The van der Waals surface area contributed by atoms with Crippen molar-refractivity contribution in [2.24, 2.45) is 5.41 Å². The van der Waals surface area contributed by atoms with E-state index >= 15 is 0 Å². The topological polar surface area (TPSA) is 42.7 Å². The Kier molecular flexibility index (Phi) is 5.52. The second-order valence-corrected chi connectivity index (χ2v) is 8.89. The van der Waals surface area contributed by atoms with Gasteiger partial charge >= 0.3 is 0 Å². The van der Waals surface area contributed by atoms with E-state index in [-0.39, 0.29) is 18.1 Å². The van der Waals surface area contributed by atoms with Crippen LogP contribution in [-0.2, 0) is 0 Å². The number of nitrogens with zero attached hydrogens (tertiary/aromatic N) is 1. The van der Waals surface area contributed by atoms with Crippen molar-refractivity contribution in [2.45, 2.75) is 57.6 Å². The van der Waals surface area contributed by atoms with Crippen molar-refractivity contribution in [1.29, 1.82) is 0 Å². The van der Waals surface area contributed by atoms with Gasteiger partial charge in [0.15, 0.2) is 0 Å². The van der Waals surface area contributed by atoms with E-state index in [9.17, 15) is 4.79 Å². The zero-order chi connectivity index (χ0) is 20.4. The molecule has 2 saturated carbocycles. The highest BCUT2D eigenvalue weighted by molar-refractivity contribution is 6.33. The number of halogens is 1. The highest BCUT2D eigenvalue weighted by Gasteiger charge is 2.47. The summed E-state index contributed by atoms with van der Waals surface area (Å²) in [6, 6.07) is 13.2. The first-order chi connectivity index (χ1) is 14.0. The van der Waals surface area contributed by atoms with E-state index in [1.165, 1.54) is 0 Å². The van der Waals surface area contributed by atoms with Gasteiger partial charge in [0, 0.05) is 11.6 Å². The fraction of sp³-hybridized carbons (Fsp3) is 0.417. The van der Waals surface area contributed by atoms with E-state index in [0.29, 0.717) is 16.1 Å². The largest absolute Gasteiger partial charge is 0.490 e. The number of carbonyl (C=O) groups excluding carboxylic acids is 1. The van der Waals surface area contributed by atoms with Crippen molar-refractivity contribution in [3.05, 3.63) is 70.0 Å². The Morgan fingerprint density at radius 2 is 1.86 bits per heavy atom. The second kappa shape index (κ2) is 8.08. The molecule has 1 amide bonds. The molecule has 5 heteroatoms. The molecule has 4 nitrogen and oxygen atoms in total. The van der Waals surface area contributed by atoms with E-state index in [4.69, 9.17) is 22.9 Å². The van der Waals surface area contributed by atoms with Crippen molar-refractivity contribution >= 4 is 23.2 Å². The number of carbonyl (C=O) groups is 1. The van der Waals surface area contributed by atoms with Gasteiger partial charge in [0.2, 0.25) is 5.69 Å². The number of benzene rings is 2. The summed E-state index contributed by atoms with van der Waals surface area (Å²) in [6.07, 6.45) is 6.61. The first kappa shape index (κ1) is 19.8. The van der Waals surface area contributed by atoms with Crippen LogP contribution < -0.4 is 10.1 Å². The van der Waals surface area contributed by atoms with E-state index in [0.717, 1.165) is 55.4 Å². The molecule has 2 aromatic carbocycles. The van der Waals surface area contributed by atoms with Crippen LogP contribution >= 0.6 is 11.6 Å². The fourth-order valence-corrected chi connectivity index (χ4v) is 4.80. The summed E-state index contributed by atoms with van der Waals surface area (Å²) in [5.41, 5.74) is 2.70. The molecule has 0 bridgehead atoms. The molecular formula is C24H25ClN2O2. The van der Waals surface area contributed by atoms with Crippen LogP contribution in [0.3, 0.4) is 0 Å². The monoisotopic (exact) mass is 408 g/mol. The normalized spacial score (nSPS) is 25.7. The maximum Gasteiger partial charge on any atom is 0.251 e. The highest BCUT2D eigenvalue weighted by Crippen LogP contribution is 2.52. The van der Waals surface area contributed by atoms with Crippen LogP contribution in [0.2, 0.25) is 5.02 Å². The number of amides is 1. The molecule has 1 N–H and O–H groups in total. The van der Waals surface area contributed by atoms with Gasteiger partial charge in [-0.2, -0.15) is 0 Å². The van der Waals surface area contributed by atoms with Crippen molar-refractivity contribution < 1.29 is 9.53 Å².